The summed E-state index contributed by atoms with van der Waals surface area (Å²) in [5, 5.41) is 0. The van der Waals surface area contributed by atoms with Gasteiger partial charge in [0.15, 0.2) is 0 Å². The van der Waals surface area contributed by atoms with Crippen LogP contribution >= 0.6 is 0 Å². The van der Waals surface area contributed by atoms with Gasteiger partial charge >= 0.3 is 0 Å². The van der Waals surface area contributed by atoms with Crippen LogP contribution in [0.3, 0.4) is 0 Å². The first kappa shape index (κ1) is 11.4. The van der Waals surface area contributed by atoms with E-state index in [4.69, 9.17) is 16.2 Å². The summed E-state index contributed by atoms with van der Waals surface area (Å²) in [5.74, 6) is -0.292. The normalized spacial score (nSPS) is 29.0. The molecule has 0 aromatic heterocycles. The van der Waals surface area contributed by atoms with Gasteiger partial charge in [-0.2, -0.15) is 0 Å². The summed E-state index contributed by atoms with van der Waals surface area (Å²) in [6, 6.07) is 0.223. The summed E-state index contributed by atoms with van der Waals surface area (Å²) in [6.07, 6.45) is 2.10. The molecule has 1 amide bonds. The Bertz CT molecular complexity index is 198. The van der Waals surface area contributed by atoms with Crippen LogP contribution in [0, 0.1) is 0 Å². The molecule has 0 saturated carbocycles. The minimum absolute atomic E-state index is 0.223. The number of amides is 1. The second-order valence-electron chi connectivity index (χ2n) is 3.71. The van der Waals surface area contributed by atoms with Gasteiger partial charge in [-0.3, -0.25) is 9.69 Å². The molecule has 1 saturated heterocycles. The van der Waals surface area contributed by atoms with Crippen molar-refractivity contribution in [2.45, 2.75) is 25.0 Å². The number of likely N-dealkylation sites (tertiary alicyclic amines) is 1. The molecule has 14 heavy (non-hydrogen) atoms. The molecule has 0 bridgehead atoms. The van der Waals surface area contributed by atoms with Crippen molar-refractivity contribution in [3.63, 3.8) is 0 Å². The molecule has 0 aliphatic carbocycles. The van der Waals surface area contributed by atoms with Crippen molar-refractivity contribution < 1.29 is 9.53 Å². The zero-order valence-electron chi connectivity index (χ0n) is 8.61. The zero-order valence-corrected chi connectivity index (χ0v) is 8.61. The minimum Gasteiger partial charge on any atom is -0.381 e. The van der Waals surface area contributed by atoms with Crippen molar-refractivity contribution in [1.82, 2.24) is 4.90 Å². The van der Waals surface area contributed by atoms with E-state index in [9.17, 15) is 4.79 Å². The largest absolute Gasteiger partial charge is 0.381 e. The molecule has 1 heterocycles. The third kappa shape index (κ3) is 2.94. The standard InChI is InChI=1S/C9H19N3O2/c1-14-8-2-3-12(6-9(11)13)7(4-8)5-10/h7-8H,2-6,10H2,1H3,(H2,11,13). The molecule has 0 aromatic rings. The number of carbonyl (C=O) groups excluding carboxylic acids is 1. The van der Waals surface area contributed by atoms with Gasteiger partial charge in [0.2, 0.25) is 5.91 Å². The smallest absolute Gasteiger partial charge is 0.231 e. The maximum atomic E-state index is 10.8. The lowest BCUT2D eigenvalue weighted by Gasteiger charge is -2.37. The van der Waals surface area contributed by atoms with Crippen LogP contribution in [0.25, 0.3) is 0 Å². The van der Waals surface area contributed by atoms with E-state index in [0.29, 0.717) is 13.1 Å². The summed E-state index contributed by atoms with van der Waals surface area (Å²) in [6.45, 7) is 1.69. The fourth-order valence-corrected chi connectivity index (χ4v) is 1.93. The van der Waals surface area contributed by atoms with Crippen molar-refractivity contribution in [3.8, 4) is 0 Å². The number of hydrogen-bond donors (Lipinski definition) is 2. The Morgan fingerprint density at radius 3 is 2.86 bits per heavy atom. The van der Waals surface area contributed by atoms with Gasteiger partial charge in [-0.25, -0.2) is 0 Å². The van der Waals surface area contributed by atoms with Crippen molar-refractivity contribution in [2.24, 2.45) is 11.5 Å². The molecular formula is C9H19N3O2. The summed E-state index contributed by atoms with van der Waals surface area (Å²) < 4.78 is 5.28. The van der Waals surface area contributed by atoms with Gasteiger partial charge in [-0.15, -0.1) is 0 Å². The first-order valence-electron chi connectivity index (χ1n) is 4.92. The Kier molecular flexibility index (Phi) is 4.31. The molecule has 5 heteroatoms. The Hall–Kier alpha value is -0.650. The Balaban J connectivity index is 2.47. The number of carbonyl (C=O) groups is 1. The molecule has 1 rings (SSSR count). The fourth-order valence-electron chi connectivity index (χ4n) is 1.93. The second kappa shape index (κ2) is 5.29. The second-order valence-corrected chi connectivity index (χ2v) is 3.71. The highest BCUT2D eigenvalue weighted by Crippen LogP contribution is 2.18. The first-order valence-corrected chi connectivity index (χ1v) is 4.92. The highest BCUT2D eigenvalue weighted by Gasteiger charge is 2.27. The molecular weight excluding hydrogens is 182 g/mol. The van der Waals surface area contributed by atoms with Crippen LogP contribution in [0.1, 0.15) is 12.8 Å². The van der Waals surface area contributed by atoms with Gasteiger partial charge in [0.05, 0.1) is 12.6 Å². The number of nitrogens with zero attached hydrogens (tertiary/aromatic N) is 1. The third-order valence-corrected chi connectivity index (χ3v) is 2.75. The topological polar surface area (TPSA) is 81.6 Å². The number of ether oxygens (including phenoxy) is 1. The Labute approximate surface area is 84.4 Å². The molecule has 0 aromatic carbocycles. The lowest BCUT2D eigenvalue weighted by molar-refractivity contribution is -0.120. The molecule has 1 fully saturated rings. The van der Waals surface area contributed by atoms with E-state index in [1.807, 2.05) is 4.90 Å². The van der Waals surface area contributed by atoms with Gasteiger partial charge in [-0.1, -0.05) is 0 Å². The van der Waals surface area contributed by atoms with Gasteiger partial charge in [0.1, 0.15) is 0 Å². The van der Waals surface area contributed by atoms with Crippen LogP contribution in [0.2, 0.25) is 0 Å². The van der Waals surface area contributed by atoms with Crippen LogP contribution in [0.5, 0.6) is 0 Å². The van der Waals surface area contributed by atoms with Crippen molar-refractivity contribution in [2.75, 3.05) is 26.7 Å². The van der Waals surface area contributed by atoms with E-state index in [0.717, 1.165) is 19.4 Å². The predicted octanol–water partition coefficient (Wildman–Crippen LogP) is -1.09. The van der Waals surface area contributed by atoms with Crippen molar-refractivity contribution >= 4 is 5.91 Å². The molecule has 1 aliphatic heterocycles. The quantitative estimate of drug-likeness (QED) is 0.605. The van der Waals surface area contributed by atoms with Crippen LogP contribution in [-0.4, -0.2) is 49.7 Å². The maximum Gasteiger partial charge on any atom is 0.231 e. The molecule has 0 spiro atoms. The molecule has 2 atom stereocenters. The van der Waals surface area contributed by atoms with E-state index in [2.05, 4.69) is 0 Å². The van der Waals surface area contributed by atoms with Crippen molar-refractivity contribution in [1.29, 1.82) is 0 Å². The van der Waals surface area contributed by atoms with Crippen LogP contribution in [0.4, 0.5) is 0 Å². The maximum absolute atomic E-state index is 10.8. The molecule has 0 radical (unpaired) electrons. The number of rotatable bonds is 4. The summed E-state index contributed by atoms with van der Waals surface area (Å²) in [7, 11) is 1.71. The minimum atomic E-state index is -0.292. The SMILES string of the molecule is COC1CCN(CC(N)=O)C(CN)C1. The van der Waals surface area contributed by atoms with E-state index >= 15 is 0 Å². The highest BCUT2D eigenvalue weighted by molar-refractivity contribution is 5.75. The van der Waals surface area contributed by atoms with Gasteiger partial charge in [0, 0.05) is 26.2 Å². The van der Waals surface area contributed by atoms with Gasteiger partial charge in [0.25, 0.3) is 0 Å². The summed E-state index contributed by atoms with van der Waals surface area (Å²) in [4.78, 5) is 12.8. The van der Waals surface area contributed by atoms with Crippen LogP contribution < -0.4 is 11.5 Å². The predicted molar refractivity (Wildman–Crippen MR) is 53.6 cm³/mol. The van der Waals surface area contributed by atoms with Crippen LogP contribution in [-0.2, 0) is 9.53 Å². The number of nitrogens with two attached hydrogens (primary N) is 2. The summed E-state index contributed by atoms with van der Waals surface area (Å²) in [5.41, 5.74) is 10.8. The molecule has 1 aliphatic rings. The average Bonchev–Trinajstić information content (AvgIpc) is 2.17. The monoisotopic (exact) mass is 201 g/mol. The number of methoxy groups -OCH3 is 1. The van der Waals surface area contributed by atoms with E-state index < -0.39 is 0 Å². The van der Waals surface area contributed by atoms with Gasteiger partial charge < -0.3 is 16.2 Å². The zero-order chi connectivity index (χ0) is 10.6. The highest BCUT2D eigenvalue weighted by atomic mass is 16.5. The fraction of sp³-hybridized carbons (Fsp3) is 0.889. The summed E-state index contributed by atoms with van der Waals surface area (Å²) >= 11 is 0. The van der Waals surface area contributed by atoms with E-state index in [1.54, 1.807) is 7.11 Å². The Morgan fingerprint density at radius 2 is 2.36 bits per heavy atom. The molecule has 4 N–H and O–H groups in total. The van der Waals surface area contributed by atoms with E-state index in [1.165, 1.54) is 0 Å². The lowest BCUT2D eigenvalue weighted by atomic mass is 9.99. The molecule has 2 unspecified atom stereocenters. The first-order chi connectivity index (χ1) is 6.67. The van der Waals surface area contributed by atoms with Crippen LogP contribution in [0.15, 0.2) is 0 Å². The Morgan fingerprint density at radius 1 is 1.64 bits per heavy atom. The molecule has 82 valence electrons. The number of hydrogen-bond acceptors (Lipinski definition) is 4. The number of piperidine rings is 1. The molecule has 5 nitrogen and oxygen atoms in total. The van der Waals surface area contributed by atoms with Gasteiger partial charge in [-0.05, 0) is 12.8 Å². The van der Waals surface area contributed by atoms with Crippen molar-refractivity contribution in [3.05, 3.63) is 0 Å². The number of primary amides is 1. The van der Waals surface area contributed by atoms with E-state index in [-0.39, 0.29) is 18.1 Å². The lowest BCUT2D eigenvalue weighted by Crippen LogP contribution is -2.51. The average molecular weight is 201 g/mol. The third-order valence-electron chi connectivity index (χ3n) is 2.75.